The second-order valence-electron chi connectivity index (χ2n) is 6.38. The van der Waals surface area contributed by atoms with Crippen molar-refractivity contribution in [3.8, 4) is 0 Å². The molecule has 0 unspecified atom stereocenters. The van der Waals surface area contributed by atoms with Gasteiger partial charge in [0, 0.05) is 16.2 Å². The average molecular weight is 319 g/mol. The van der Waals surface area contributed by atoms with Gasteiger partial charge in [0.05, 0.1) is 0 Å². The van der Waals surface area contributed by atoms with Crippen LogP contribution in [0.3, 0.4) is 0 Å². The Hall–Kier alpha value is -1.49. The first-order chi connectivity index (χ1) is 10.6. The van der Waals surface area contributed by atoms with Crippen LogP contribution in [0, 0.1) is 5.41 Å². The fourth-order valence-corrected chi connectivity index (χ4v) is 4.58. The summed E-state index contributed by atoms with van der Waals surface area (Å²) in [5, 5.41) is 12.1. The lowest BCUT2D eigenvalue weighted by atomic mass is 10.0. The summed E-state index contributed by atoms with van der Waals surface area (Å²) in [6.45, 7) is 0.556. The largest absolute Gasteiger partial charge is 0.480 e. The molecule has 1 aromatic rings. The minimum absolute atomic E-state index is 0.00555. The molecular weight excluding hydrogens is 298 g/mol. The van der Waals surface area contributed by atoms with E-state index in [1.54, 1.807) is 0 Å². The van der Waals surface area contributed by atoms with Gasteiger partial charge in [0.2, 0.25) is 5.91 Å². The van der Waals surface area contributed by atoms with E-state index >= 15 is 0 Å². The van der Waals surface area contributed by atoms with Gasteiger partial charge in [-0.15, -0.1) is 11.8 Å². The molecule has 0 aliphatic heterocycles. The predicted octanol–water partition coefficient (Wildman–Crippen LogP) is 3.07. The van der Waals surface area contributed by atoms with Crippen LogP contribution in [0.15, 0.2) is 35.2 Å². The van der Waals surface area contributed by atoms with Crippen molar-refractivity contribution in [1.82, 2.24) is 5.32 Å². The SMILES string of the molecule is O=C(O)C1(C(=O)NCC2(Sc3ccccc3)CCCC2)CC1. The zero-order valence-corrected chi connectivity index (χ0v) is 13.3. The maximum absolute atomic E-state index is 12.2. The Bertz CT molecular complexity index is 563. The van der Waals surface area contributed by atoms with E-state index in [0.29, 0.717) is 19.4 Å². The van der Waals surface area contributed by atoms with Crippen molar-refractivity contribution in [2.75, 3.05) is 6.54 Å². The molecule has 5 heteroatoms. The van der Waals surface area contributed by atoms with Crippen LogP contribution in [0.2, 0.25) is 0 Å². The molecule has 4 nitrogen and oxygen atoms in total. The van der Waals surface area contributed by atoms with E-state index in [-0.39, 0.29) is 10.7 Å². The summed E-state index contributed by atoms with van der Waals surface area (Å²) < 4.78 is 0.00555. The maximum Gasteiger partial charge on any atom is 0.319 e. The van der Waals surface area contributed by atoms with Crippen LogP contribution in [0.1, 0.15) is 38.5 Å². The number of thioether (sulfide) groups is 1. The Morgan fingerprint density at radius 3 is 2.27 bits per heavy atom. The van der Waals surface area contributed by atoms with E-state index in [0.717, 1.165) is 12.8 Å². The first-order valence-electron chi connectivity index (χ1n) is 7.82. The van der Waals surface area contributed by atoms with Crippen LogP contribution in [0.25, 0.3) is 0 Å². The Morgan fingerprint density at radius 2 is 1.73 bits per heavy atom. The highest BCUT2D eigenvalue weighted by molar-refractivity contribution is 8.00. The lowest BCUT2D eigenvalue weighted by Gasteiger charge is -2.29. The van der Waals surface area contributed by atoms with Gasteiger partial charge < -0.3 is 10.4 Å². The predicted molar refractivity (Wildman–Crippen MR) is 85.8 cm³/mol. The standard InChI is InChI=1S/C17H21NO3S/c19-14(17(10-11-17)15(20)21)18-12-16(8-4-5-9-16)22-13-6-2-1-3-7-13/h1-3,6-7H,4-5,8-12H2,(H,18,19)(H,20,21). The average Bonchev–Trinajstić information content (AvgIpc) is 3.22. The van der Waals surface area contributed by atoms with Crippen molar-refractivity contribution in [2.45, 2.75) is 48.2 Å². The molecule has 2 fully saturated rings. The number of aliphatic carboxylic acids is 1. The number of carbonyl (C=O) groups is 2. The molecule has 2 aliphatic rings. The highest BCUT2D eigenvalue weighted by atomic mass is 32.2. The summed E-state index contributed by atoms with van der Waals surface area (Å²) >= 11 is 1.82. The molecule has 2 aliphatic carbocycles. The second kappa shape index (κ2) is 5.95. The monoisotopic (exact) mass is 319 g/mol. The molecule has 1 aromatic carbocycles. The van der Waals surface area contributed by atoms with Gasteiger partial charge in [-0.3, -0.25) is 9.59 Å². The third-order valence-corrected chi connectivity index (χ3v) is 6.25. The summed E-state index contributed by atoms with van der Waals surface area (Å²) in [5.41, 5.74) is -1.14. The zero-order valence-electron chi connectivity index (χ0n) is 12.5. The van der Waals surface area contributed by atoms with Crippen molar-refractivity contribution >= 4 is 23.6 Å². The molecule has 2 N–H and O–H groups in total. The number of carboxylic acid groups (broad SMARTS) is 1. The molecule has 1 amide bonds. The number of carboxylic acids is 1. The van der Waals surface area contributed by atoms with Crippen LogP contribution < -0.4 is 5.32 Å². The summed E-state index contributed by atoms with van der Waals surface area (Å²) in [6, 6.07) is 10.2. The Morgan fingerprint density at radius 1 is 1.09 bits per heavy atom. The highest BCUT2D eigenvalue weighted by Gasteiger charge is 2.57. The van der Waals surface area contributed by atoms with Crippen LogP contribution >= 0.6 is 11.8 Å². The van der Waals surface area contributed by atoms with E-state index in [2.05, 4.69) is 17.4 Å². The molecule has 0 spiro atoms. The van der Waals surface area contributed by atoms with E-state index in [1.165, 1.54) is 17.7 Å². The van der Waals surface area contributed by atoms with Gasteiger partial charge in [0.15, 0.2) is 0 Å². The van der Waals surface area contributed by atoms with Crippen molar-refractivity contribution < 1.29 is 14.7 Å². The normalized spacial score (nSPS) is 21.3. The third-order valence-electron chi connectivity index (χ3n) is 4.76. The summed E-state index contributed by atoms with van der Waals surface area (Å²) in [6.07, 6.45) is 5.39. The molecular formula is C17H21NO3S. The van der Waals surface area contributed by atoms with Crippen LogP contribution in [0.5, 0.6) is 0 Å². The second-order valence-corrected chi connectivity index (χ2v) is 7.92. The van der Waals surface area contributed by atoms with Crippen molar-refractivity contribution in [2.24, 2.45) is 5.41 Å². The minimum Gasteiger partial charge on any atom is -0.480 e. The minimum atomic E-state index is -1.14. The van der Waals surface area contributed by atoms with Gasteiger partial charge in [-0.2, -0.15) is 0 Å². The van der Waals surface area contributed by atoms with Crippen LogP contribution in [-0.4, -0.2) is 28.3 Å². The zero-order chi connectivity index (χ0) is 15.6. The molecule has 22 heavy (non-hydrogen) atoms. The first-order valence-corrected chi connectivity index (χ1v) is 8.64. The summed E-state index contributed by atoms with van der Waals surface area (Å²) in [4.78, 5) is 24.7. The van der Waals surface area contributed by atoms with Crippen molar-refractivity contribution in [3.05, 3.63) is 30.3 Å². The summed E-state index contributed by atoms with van der Waals surface area (Å²) in [5.74, 6) is -1.29. The smallest absolute Gasteiger partial charge is 0.319 e. The van der Waals surface area contributed by atoms with E-state index in [9.17, 15) is 14.7 Å². The number of hydrogen-bond acceptors (Lipinski definition) is 3. The highest BCUT2D eigenvalue weighted by Crippen LogP contribution is 2.47. The van der Waals surface area contributed by atoms with E-state index < -0.39 is 11.4 Å². The topological polar surface area (TPSA) is 66.4 Å². The molecule has 0 atom stereocenters. The number of nitrogens with one attached hydrogen (secondary N) is 1. The Labute approximate surface area is 134 Å². The fourth-order valence-electron chi connectivity index (χ4n) is 3.15. The maximum atomic E-state index is 12.2. The van der Waals surface area contributed by atoms with E-state index in [4.69, 9.17) is 0 Å². The molecule has 0 heterocycles. The Kier molecular flexibility index (Phi) is 4.17. The molecule has 0 saturated heterocycles. The van der Waals surface area contributed by atoms with Crippen molar-refractivity contribution in [1.29, 1.82) is 0 Å². The number of hydrogen-bond donors (Lipinski definition) is 2. The number of benzene rings is 1. The lowest BCUT2D eigenvalue weighted by molar-refractivity contribution is -0.149. The molecule has 3 rings (SSSR count). The summed E-state index contributed by atoms with van der Waals surface area (Å²) in [7, 11) is 0. The van der Waals surface area contributed by atoms with Gasteiger partial charge in [-0.05, 0) is 37.8 Å². The molecule has 0 aromatic heterocycles. The Balaban J connectivity index is 1.65. The van der Waals surface area contributed by atoms with Gasteiger partial charge in [0.1, 0.15) is 5.41 Å². The molecule has 118 valence electrons. The molecule has 0 bridgehead atoms. The first kappa shape index (κ1) is 15.4. The molecule has 0 radical (unpaired) electrons. The number of carbonyl (C=O) groups excluding carboxylic acids is 1. The van der Waals surface area contributed by atoms with Gasteiger partial charge >= 0.3 is 5.97 Å². The van der Waals surface area contributed by atoms with Crippen LogP contribution in [0.4, 0.5) is 0 Å². The van der Waals surface area contributed by atoms with Crippen LogP contribution in [-0.2, 0) is 9.59 Å². The van der Waals surface area contributed by atoms with Gasteiger partial charge in [0.25, 0.3) is 0 Å². The van der Waals surface area contributed by atoms with Gasteiger partial charge in [-0.25, -0.2) is 0 Å². The lowest BCUT2D eigenvalue weighted by Crippen LogP contribution is -2.44. The van der Waals surface area contributed by atoms with Crippen molar-refractivity contribution in [3.63, 3.8) is 0 Å². The molecule has 2 saturated carbocycles. The number of amides is 1. The van der Waals surface area contributed by atoms with E-state index in [1.807, 2.05) is 30.0 Å². The quantitative estimate of drug-likeness (QED) is 0.791. The third kappa shape index (κ3) is 3.00. The van der Waals surface area contributed by atoms with Gasteiger partial charge in [-0.1, -0.05) is 31.0 Å². The number of rotatable bonds is 6. The fraction of sp³-hybridized carbons (Fsp3) is 0.529.